The van der Waals surface area contributed by atoms with Gasteiger partial charge in [0, 0.05) is 24.9 Å². The molecule has 2 aromatic carbocycles. The fourth-order valence-corrected chi connectivity index (χ4v) is 4.60. The number of hydrogen-bond acceptors (Lipinski definition) is 5. The minimum absolute atomic E-state index is 0.0648. The number of benzene rings is 2. The molecule has 36 heavy (non-hydrogen) atoms. The first-order chi connectivity index (χ1) is 17.1. The number of halogens is 2. The van der Waals surface area contributed by atoms with Gasteiger partial charge in [0.25, 0.3) is 17.4 Å². The molecule has 1 fully saturated rings. The van der Waals surface area contributed by atoms with Crippen LogP contribution in [0.15, 0.2) is 52.1 Å². The lowest BCUT2D eigenvalue weighted by atomic mass is 9.88. The van der Waals surface area contributed by atoms with Crippen LogP contribution in [-0.4, -0.2) is 31.2 Å². The monoisotopic (exact) mass is 494 g/mol. The summed E-state index contributed by atoms with van der Waals surface area (Å²) in [5, 5.41) is 8.87. The largest absolute Gasteiger partial charge is 0.380 e. The number of nitrogens with zero attached hydrogens (tertiary/aromatic N) is 3. The molecule has 186 valence electrons. The Morgan fingerprint density at radius 1 is 1.14 bits per heavy atom. The van der Waals surface area contributed by atoms with Crippen LogP contribution >= 0.6 is 0 Å². The normalized spacial score (nSPS) is 15.1. The molecule has 0 saturated heterocycles. The number of carbonyl (C=O) groups excluding carboxylic acids is 1. The van der Waals surface area contributed by atoms with Crippen molar-refractivity contribution < 1.29 is 13.6 Å². The number of nitrogen functional groups attached to an aromatic ring is 1. The molecule has 0 bridgehead atoms. The van der Waals surface area contributed by atoms with Crippen molar-refractivity contribution in [2.75, 3.05) is 5.73 Å². The molecule has 11 heteroatoms. The standard InChI is InChI=1S/C25H24F2N6O3/c1-13-3-4-14(2)18(9-13)22(34)29-12-15-5-7-16(8-6-15)32-19-20(23(35)31-30-21(19)28)33(24(32)36)17-10-25(26,27)11-17/h3-9,17H,10-12H2,1-2H3,(H2,28,30)(H,29,34)(H,31,35). The number of H-pyrrole nitrogens is 1. The van der Waals surface area contributed by atoms with Crippen LogP contribution in [0.2, 0.25) is 0 Å². The van der Waals surface area contributed by atoms with Gasteiger partial charge in [0.2, 0.25) is 0 Å². The summed E-state index contributed by atoms with van der Waals surface area (Å²) in [6.07, 6.45) is -1.07. The van der Waals surface area contributed by atoms with Crippen LogP contribution in [0.3, 0.4) is 0 Å². The lowest BCUT2D eigenvalue weighted by Gasteiger charge is -2.35. The summed E-state index contributed by atoms with van der Waals surface area (Å²) in [4.78, 5) is 38.5. The second kappa shape index (κ2) is 8.43. The van der Waals surface area contributed by atoms with Gasteiger partial charge in [0.1, 0.15) is 11.0 Å². The highest BCUT2D eigenvalue weighted by molar-refractivity contribution is 5.95. The first kappa shape index (κ1) is 23.5. The Labute approximate surface area is 203 Å². The third kappa shape index (κ3) is 3.96. The first-order valence-electron chi connectivity index (χ1n) is 11.4. The quantitative estimate of drug-likeness (QED) is 0.393. The Hall–Kier alpha value is -4.28. The van der Waals surface area contributed by atoms with Gasteiger partial charge >= 0.3 is 5.69 Å². The number of aromatic nitrogens is 4. The SMILES string of the molecule is Cc1ccc(C)c(C(=O)NCc2ccc(-n3c(=O)n(C4CC(F)(F)C4)c4c(=O)[nH]nc(N)c43)cc2)c1. The fourth-order valence-electron chi connectivity index (χ4n) is 4.60. The van der Waals surface area contributed by atoms with Crippen molar-refractivity contribution >= 4 is 22.8 Å². The minimum atomic E-state index is -2.88. The molecule has 1 aliphatic carbocycles. The number of nitrogens with one attached hydrogen (secondary N) is 2. The number of nitrogens with two attached hydrogens (primary N) is 1. The number of amides is 1. The number of fused-ring (bicyclic) bond motifs is 1. The molecule has 0 aliphatic heterocycles. The molecule has 1 saturated carbocycles. The zero-order valence-electron chi connectivity index (χ0n) is 19.6. The minimum Gasteiger partial charge on any atom is -0.380 e. The Kier molecular flexibility index (Phi) is 5.50. The summed E-state index contributed by atoms with van der Waals surface area (Å²) in [5.41, 5.74) is 8.26. The molecule has 5 rings (SSSR count). The van der Waals surface area contributed by atoms with E-state index in [1.807, 2.05) is 32.0 Å². The maximum Gasteiger partial charge on any atom is 0.334 e. The van der Waals surface area contributed by atoms with Crippen LogP contribution in [-0.2, 0) is 6.54 Å². The Bertz CT molecular complexity index is 1610. The average Bonchev–Trinajstić information content (AvgIpc) is 3.13. The molecule has 0 unspecified atom stereocenters. The third-order valence-electron chi connectivity index (χ3n) is 6.54. The van der Waals surface area contributed by atoms with Gasteiger partial charge in [-0.05, 0) is 43.2 Å². The number of anilines is 1. The van der Waals surface area contributed by atoms with E-state index in [2.05, 4.69) is 15.5 Å². The van der Waals surface area contributed by atoms with Crippen molar-refractivity contribution in [3.63, 3.8) is 0 Å². The lowest BCUT2D eigenvalue weighted by molar-refractivity contribution is -0.104. The van der Waals surface area contributed by atoms with E-state index in [-0.39, 0.29) is 29.3 Å². The number of carbonyl (C=O) groups is 1. The molecule has 0 atom stereocenters. The van der Waals surface area contributed by atoms with Crippen LogP contribution in [0.5, 0.6) is 0 Å². The van der Waals surface area contributed by atoms with Crippen molar-refractivity contribution in [2.24, 2.45) is 0 Å². The fraction of sp³-hybridized carbons (Fsp3) is 0.280. The maximum absolute atomic E-state index is 13.6. The summed E-state index contributed by atoms with van der Waals surface area (Å²) >= 11 is 0. The van der Waals surface area contributed by atoms with Gasteiger partial charge in [0.15, 0.2) is 5.82 Å². The van der Waals surface area contributed by atoms with E-state index in [0.717, 1.165) is 21.3 Å². The summed E-state index contributed by atoms with van der Waals surface area (Å²) in [5.74, 6) is -3.18. The summed E-state index contributed by atoms with van der Waals surface area (Å²) in [6.45, 7) is 4.04. The van der Waals surface area contributed by atoms with Crippen LogP contribution in [0, 0.1) is 13.8 Å². The summed E-state index contributed by atoms with van der Waals surface area (Å²) in [6, 6.07) is 11.6. The second-order valence-electron chi connectivity index (χ2n) is 9.21. The van der Waals surface area contributed by atoms with E-state index in [0.29, 0.717) is 11.3 Å². The number of hydrogen-bond donors (Lipinski definition) is 3. The summed E-state index contributed by atoms with van der Waals surface area (Å²) < 4.78 is 29.4. The topological polar surface area (TPSA) is 128 Å². The predicted molar refractivity (Wildman–Crippen MR) is 131 cm³/mol. The molecular formula is C25H24F2N6O3. The number of alkyl halides is 2. The number of rotatable bonds is 5. The molecule has 4 N–H and O–H groups in total. The van der Waals surface area contributed by atoms with E-state index < -0.39 is 36.1 Å². The predicted octanol–water partition coefficient (Wildman–Crippen LogP) is 2.97. The number of imidazole rings is 1. The molecule has 2 aromatic heterocycles. The van der Waals surface area contributed by atoms with Gasteiger partial charge in [-0.3, -0.25) is 18.7 Å². The highest BCUT2D eigenvalue weighted by atomic mass is 19.3. The molecule has 2 heterocycles. The molecule has 4 aromatic rings. The Morgan fingerprint density at radius 3 is 2.50 bits per heavy atom. The van der Waals surface area contributed by atoms with Crippen molar-refractivity contribution in [3.8, 4) is 5.69 Å². The van der Waals surface area contributed by atoms with Gasteiger partial charge in [-0.25, -0.2) is 18.7 Å². The van der Waals surface area contributed by atoms with E-state index in [1.165, 1.54) is 4.57 Å². The molecular weight excluding hydrogens is 470 g/mol. The van der Waals surface area contributed by atoms with Crippen LogP contribution in [0.1, 0.15) is 45.9 Å². The van der Waals surface area contributed by atoms with Gasteiger partial charge in [0.05, 0.1) is 11.7 Å². The van der Waals surface area contributed by atoms with Gasteiger partial charge in [-0.1, -0.05) is 29.8 Å². The first-order valence-corrected chi connectivity index (χ1v) is 11.4. The number of aromatic amines is 1. The molecule has 1 amide bonds. The highest BCUT2D eigenvalue weighted by Crippen LogP contribution is 2.45. The van der Waals surface area contributed by atoms with Gasteiger partial charge in [-0.2, -0.15) is 5.10 Å². The van der Waals surface area contributed by atoms with Crippen molar-refractivity contribution in [3.05, 3.63) is 85.6 Å². The summed E-state index contributed by atoms with van der Waals surface area (Å²) in [7, 11) is 0. The zero-order chi connectivity index (χ0) is 25.8. The molecule has 1 aliphatic rings. The zero-order valence-corrected chi connectivity index (χ0v) is 19.6. The second-order valence-corrected chi connectivity index (χ2v) is 9.21. The van der Waals surface area contributed by atoms with Gasteiger partial charge in [-0.15, -0.1) is 0 Å². The van der Waals surface area contributed by atoms with E-state index in [1.54, 1.807) is 24.3 Å². The lowest BCUT2D eigenvalue weighted by Crippen LogP contribution is -2.41. The van der Waals surface area contributed by atoms with E-state index in [4.69, 9.17) is 5.73 Å². The Morgan fingerprint density at radius 2 is 1.83 bits per heavy atom. The average molecular weight is 495 g/mol. The smallest absolute Gasteiger partial charge is 0.334 e. The van der Waals surface area contributed by atoms with E-state index in [9.17, 15) is 23.2 Å². The maximum atomic E-state index is 13.6. The third-order valence-corrected chi connectivity index (χ3v) is 6.54. The van der Waals surface area contributed by atoms with E-state index >= 15 is 0 Å². The van der Waals surface area contributed by atoms with Crippen LogP contribution in [0.4, 0.5) is 14.6 Å². The molecule has 0 spiro atoms. The van der Waals surface area contributed by atoms with Gasteiger partial charge < -0.3 is 11.1 Å². The van der Waals surface area contributed by atoms with Crippen LogP contribution < -0.4 is 22.3 Å². The molecule has 0 radical (unpaired) electrons. The number of aryl methyl sites for hydroxylation is 2. The highest BCUT2D eigenvalue weighted by Gasteiger charge is 2.48. The Balaban J connectivity index is 1.46. The van der Waals surface area contributed by atoms with Crippen molar-refractivity contribution in [1.82, 2.24) is 24.6 Å². The van der Waals surface area contributed by atoms with Crippen molar-refractivity contribution in [2.45, 2.75) is 45.2 Å². The van der Waals surface area contributed by atoms with Crippen LogP contribution in [0.25, 0.3) is 16.7 Å². The van der Waals surface area contributed by atoms with Crippen molar-refractivity contribution in [1.29, 1.82) is 0 Å². The molecule has 9 nitrogen and oxygen atoms in total.